The van der Waals surface area contributed by atoms with Gasteiger partial charge in [0, 0.05) is 19.3 Å². The van der Waals surface area contributed by atoms with Crippen molar-refractivity contribution in [3.63, 3.8) is 0 Å². The lowest BCUT2D eigenvalue weighted by atomic mass is 9.93. The van der Waals surface area contributed by atoms with Crippen LogP contribution in [0.15, 0.2) is 18.3 Å². The number of hydrogen-bond donors (Lipinski definition) is 1. The molecule has 0 aliphatic carbocycles. The summed E-state index contributed by atoms with van der Waals surface area (Å²) in [4.78, 5) is 6.72. The molecule has 0 amide bonds. The second kappa shape index (κ2) is 7.34. The van der Waals surface area contributed by atoms with Gasteiger partial charge in [-0.25, -0.2) is 4.98 Å². The van der Waals surface area contributed by atoms with E-state index < -0.39 is 0 Å². The molecule has 1 heterocycles. The van der Waals surface area contributed by atoms with Crippen LogP contribution in [0.25, 0.3) is 0 Å². The van der Waals surface area contributed by atoms with Crippen LogP contribution in [0.4, 0.5) is 5.82 Å². The molecule has 19 heavy (non-hydrogen) atoms. The first-order valence-corrected chi connectivity index (χ1v) is 7.07. The van der Waals surface area contributed by atoms with Gasteiger partial charge in [0.05, 0.1) is 6.61 Å². The fourth-order valence-electron chi connectivity index (χ4n) is 1.86. The van der Waals surface area contributed by atoms with Crippen LogP contribution in [-0.2, 0) is 0 Å². The Kier molecular flexibility index (Phi) is 6.09. The van der Waals surface area contributed by atoms with Crippen LogP contribution in [0.5, 0.6) is 5.75 Å². The van der Waals surface area contributed by atoms with E-state index >= 15 is 0 Å². The molecule has 0 saturated heterocycles. The van der Waals surface area contributed by atoms with Gasteiger partial charge in [-0.2, -0.15) is 0 Å². The Morgan fingerprint density at radius 3 is 2.68 bits per heavy atom. The summed E-state index contributed by atoms with van der Waals surface area (Å²) in [6.07, 6.45) is 2.81. The van der Waals surface area contributed by atoms with Gasteiger partial charge in [0.1, 0.15) is 0 Å². The second-order valence-electron chi connectivity index (χ2n) is 5.56. The van der Waals surface area contributed by atoms with Gasteiger partial charge in [-0.1, -0.05) is 20.8 Å². The molecule has 4 heteroatoms. The van der Waals surface area contributed by atoms with E-state index in [1.54, 1.807) is 0 Å². The van der Waals surface area contributed by atoms with Crippen LogP contribution in [0.1, 0.15) is 34.1 Å². The molecule has 4 nitrogen and oxygen atoms in total. The number of hydrogen-bond acceptors (Lipinski definition) is 4. The van der Waals surface area contributed by atoms with Gasteiger partial charge in [0.25, 0.3) is 0 Å². The zero-order chi connectivity index (χ0) is 14.3. The number of pyridine rings is 1. The van der Waals surface area contributed by atoms with Crippen LogP contribution in [0.3, 0.4) is 0 Å². The van der Waals surface area contributed by atoms with E-state index in [1.807, 2.05) is 18.3 Å². The Morgan fingerprint density at radius 2 is 2.11 bits per heavy atom. The molecule has 0 aliphatic rings. The molecule has 1 rings (SSSR count). The van der Waals surface area contributed by atoms with E-state index in [1.165, 1.54) is 0 Å². The van der Waals surface area contributed by atoms with Crippen LogP contribution < -0.4 is 15.4 Å². The predicted octanol–water partition coefficient (Wildman–Crippen LogP) is 2.68. The van der Waals surface area contributed by atoms with Crippen molar-refractivity contribution in [3.8, 4) is 5.75 Å². The predicted molar refractivity (Wildman–Crippen MR) is 80.7 cm³/mol. The molecule has 1 aromatic heterocycles. The maximum atomic E-state index is 5.83. The first kappa shape index (κ1) is 15.8. The van der Waals surface area contributed by atoms with Crippen molar-refractivity contribution >= 4 is 5.82 Å². The molecule has 0 saturated carbocycles. The maximum absolute atomic E-state index is 5.83. The Morgan fingerprint density at radius 1 is 1.37 bits per heavy atom. The smallest absolute Gasteiger partial charge is 0.171 e. The zero-order valence-corrected chi connectivity index (χ0v) is 12.6. The average molecular weight is 265 g/mol. The normalized spacial score (nSPS) is 11.4. The van der Waals surface area contributed by atoms with Gasteiger partial charge in [-0.3, -0.25) is 0 Å². The summed E-state index contributed by atoms with van der Waals surface area (Å²) in [6.45, 7) is 11.7. The minimum atomic E-state index is 0.0650. The van der Waals surface area contributed by atoms with Gasteiger partial charge >= 0.3 is 0 Å². The summed E-state index contributed by atoms with van der Waals surface area (Å²) >= 11 is 0. The fourth-order valence-corrected chi connectivity index (χ4v) is 1.86. The Hall–Kier alpha value is -1.29. The van der Waals surface area contributed by atoms with Crippen LogP contribution >= 0.6 is 0 Å². The fraction of sp³-hybridized carbons (Fsp3) is 0.667. The first-order valence-electron chi connectivity index (χ1n) is 7.07. The largest absolute Gasteiger partial charge is 0.490 e. The highest BCUT2D eigenvalue weighted by atomic mass is 16.5. The quantitative estimate of drug-likeness (QED) is 0.785. The molecule has 0 atom stereocenters. The molecule has 2 N–H and O–H groups in total. The third-order valence-electron chi connectivity index (χ3n) is 3.07. The monoisotopic (exact) mass is 265 g/mol. The second-order valence-corrected chi connectivity index (χ2v) is 5.56. The van der Waals surface area contributed by atoms with E-state index in [9.17, 15) is 0 Å². The standard InChI is InChI=1S/C15H27N3O/c1-5-10-19-13-8-7-9-17-14(13)18(6-2)12-15(3,4)11-16/h7-9H,5-6,10-12,16H2,1-4H3. The lowest BCUT2D eigenvalue weighted by molar-refractivity contribution is 0.314. The molecule has 0 unspecified atom stereocenters. The number of aromatic nitrogens is 1. The van der Waals surface area contributed by atoms with Crippen LogP contribution in [0, 0.1) is 5.41 Å². The minimum absolute atomic E-state index is 0.0650. The molecule has 0 bridgehead atoms. The van der Waals surface area contributed by atoms with E-state index in [-0.39, 0.29) is 5.41 Å². The summed E-state index contributed by atoms with van der Waals surface area (Å²) in [5.41, 5.74) is 5.89. The summed E-state index contributed by atoms with van der Waals surface area (Å²) in [5, 5.41) is 0. The number of nitrogens with zero attached hydrogens (tertiary/aromatic N) is 2. The molecule has 0 fully saturated rings. The third kappa shape index (κ3) is 4.71. The van der Waals surface area contributed by atoms with Crippen LogP contribution in [-0.4, -0.2) is 31.2 Å². The maximum Gasteiger partial charge on any atom is 0.171 e. The first-order chi connectivity index (χ1) is 9.04. The topological polar surface area (TPSA) is 51.4 Å². The van der Waals surface area contributed by atoms with E-state index in [0.29, 0.717) is 6.54 Å². The molecule has 0 radical (unpaired) electrons. The van der Waals surface area contributed by atoms with Crippen molar-refractivity contribution in [3.05, 3.63) is 18.3 Å². The van der Waals surface area contributed by atoms with Gasteiger partial charge in [-0.05, 0) is 37.4 Å². The van der Waals surface area contributed by atoms with Crippen molar-refractivity contribution < 1.29 is 4.74 Å². The SMILES string of the molecule is CCCOc1cccnc1N(CC)CC(C)(C)CN. The highest BCUT2D eigenvalue weighted by Crippen LogP contribution is 2.28. The molecular weight excluding hydrogens is 238 g/mol. The number of nitrogens with two attached hydrogens (primary N) is 1. The van der Waals surface area contributed by atoms with E-state index in [0.717, 1.165) is 37.7 Å². The Balaban J connectivity index is 2.91. The number of anilines is 1. The summed E-state index contributed by atoms with van der Waals surface area (Å²) in [7, 11) is 0. The molecule has 0 aliphatic heterocycles. The molecule has 0 aromatic carbocycles. The lowest BCUT2D eigenvalue weighted by Gasteiger charge is -2.32. The van der Waals surface area contributed by atoms with Crippen molar-refractivity contribution in [1.29, 1.82) is 0 Å². The number of ether oxygens (including phenoxy) is 1. The summed E-state index contributed by atoms with van der Waals surface area (Å²) < 4.78 is 5.78. The Bertz CT molecular complexity index is 379. The van der Waals surface area contributed by atoms with Crippen molar-refractivity contribution in [2.24, 2.45) is 11.1 Å². The minimum Gasteiger partial charge on any atom is -0.490 e. The summed E-state index contributed by atoms with van der Waals surface area (Å²) in [5.74, 6) is 1.78. The van der Waals surface area contributed by atoms with Gasteiger partial charge in [0.2, 0.25) is 0 Å². The van der Waals surface area contributed by atoms with Crippen molar-refractivity contribution in [2.75, 3.05) is 31.1 Å². The van der Waals surface area contributed by atoms with Gasteiger partial charge < -0.3 is 15.4 Å². The molecule has 108 valence electrons. The third-order valence-corrected chi connectivity index (χ3v) is 3.07. The molecular formula is C15H27N3O. The van der Waals surface area contributed by atoms with E-state index in [4.69, 9.17) is 10.5 Å². The van der Waals surface area contributed by atoms with Crippen molar-refractivity contribution in [2.45, 2.75) is 34.1 Å². The zero-order valence-electron chi connectivity index (χ0n) is 12.6. The summed E-state index contributed by atoms with van der Waals surface area (Å²) in [6, 6.07) is 3.90. The van der Waals surface area contributed by atoms with E-state index in [2.05, 4.69) is 37.6 Å². The highest BCUT2D eigenvalue weighted by Gasteiger charge is 2.22. The Labute approximate surface area is 117 Å². The van der Waals surface area contributed by atoms with Gasteiger partial charge in [0.15, 0.2) is 11.6 Å². The van der Waals surface area contributed by atoms with Gasteiger partial charge in [-0.15, -0.1) is 0 Å². The molecule has 1 aromatic rings. The average Bonchev–Trinajstić information content (AvgIpc) is 2.43. The highest BCUT2D eigenvalue weighted by molar-refractivity contribution is 5.52. The molecule has 0 spiro atoms. The number of rotatable bonds is 8. The van der Waals surface area contributed by atoms with Crippen molar-refractivity contribution in [1.82, 2.24) is 4.98 Å². The van der Waals surface area contributed by atoms with Crippen LogP contribution in [0.2, 0.25) is 0 Å². The lowest BCUT2D eigenvalue weighted by Crippen LogP contribution is -2.39.